The number of para-hydroxylation sites is 1. The second-order valence-electron chi connectivity index (χ2n) is 6.47. The number of aromatic nitrogens is 3. The quantitative estimate of drug-likeness (QED) is 0.495. The zero-order valence-corrected chi connectivity index (χ0v) is 15.8. The summed E-state index contributed by atoms with van der Waals surface area (Å²) in [5.74, 6) is 0.192. The number of halogens is 1. The van der Waals surface area contributed by atoms with Gasteiger partial charge in [-0.15, -0.1) is 0 Å². The normalized spacial score (nSPS) is 11.5. The van der Waals surface area contributed by atoms with E-state index in [2.05, 4.69) is 17.0 Å². The third-order valence-electron chi connectivity index (χ3n) is 4.63. The van der Waals surface area contributed by atoms with Gasteiger partial charge in [-0.05, 0) is 43.3 Å². The monoisotopic (exact) mass is 376 g/mol. The highest BCUT2D eigenvalue weighted by Crippen LogP contribution is 2.23. The van der Waals surface area contributed by atoms with E-state index in [1.54, 1.807) is 6.07 Å². The molecule has 2 N–H and O–H groups in total. The van der Waals surface area contributed by atoms with E-state index >= 15 is 0 Å². The Balaban J connectivity index is 1.70. The maximum atomic E-state index is 10.0. The molecule has 0 aliphatic carbocycles. The minimum Gasteiger partial charge on any atom is -0.506 e. The number of rotatable bonds is 3. The maximum absolute atomic E-state index is 10.0. The zero-order valence-electron chi connectivity index (χ0n) is 15.1. The zero-order chi connectivity index (χ0) is 19.0. The van der Waals surface area contributed by atoms with Gasteiger partial charge in [0.25, 0.3) is 0 Å². The third-order valence-corrected chi connectivity index (χ3v) is 4.89. The van der Waals surface area contributed by atoms with Gasteiger partial charge >= 0.3 is 0 Å². The fourth-order valence-electron chi connectivity index (χ4n) is 3.21. The van der Waals surface area contributed by atoms with E-state index in [0.717, 1.165) is 33.7 Å². The molecule has 2 aromatic heterocycles. The van der Waals surface area contributed by atoms with E-state index in [9.17, 15) is 5.11 Å². The highest BCUT2D eigenvalue weighted by atomic mass is 35.5. The lowest BCUT2D eigenvalue weighted by atomic mass is 10.1. The van der Waals surface area contributed by atoms with Gasteiger partial charge in [0.05, 0.1) is 17.0 Å². The molecular formula is C22H19ClN3O+. The van der Waals surface area contributed by atoms with E-state index in [-0.39, 0.29) is 5.75 Å². The van der Waals surface area contributed by atoms with Crippen molar-refractivity contribution in [2.24, 2.45) is 0 Å². The van der Waals surface area contributed by atoms with Gasteiger partial charge in [0.1, 0.15) is 11.3 Å². The summed E-state index contributed by atoms with van der Waals surface area (Å²) in [6.45, 7) is 4.11. The van der Waals surface area contributed by atoms with Crippen LogP contribution in [0.3, 0.4) is 0 Å². The molecule has 134 valence electrons. The molecule has 0 radical (unpaired) electrons. The van der Waals surface area contributed by atoms with Crippen LogP contribution in [0.15, 0.2) is 54.6 Å². The summed E-state index contributed by atoms with van der Waals surface area (Å²) in [5.41, 5.74) is 5.68. The summed E-state index contributed by atoms with van der Waals surface area (Å²) in [6, 6.07) is 17.0. The number of fused-ring (bicyclic) bond motifs is 1. The fraction of sp³-hybridized carbons (Fsp3) is 0.0909. The molecule has 0 unspecified atom stereocenters. The smallest absolute Gasteiger partial charge is 0.235 e. The van der Waals surface area contributed by atoms with Crippen molar-refractivity contribution in [3.05, 3.63) is 82.3 Å². The number of phenolic OH excluding ortho intramolecular Hbond substituents is 1. The number of aromatic hydroxyl groups is 1. The van der Waals surface area contributed by atoms with Crippen molar-refractivity contribution >= 4 is 34.7 Å². The molecule has 0 bridgehead atoms. The van der Waals surface area contributed by atoms with Gasteiger partial charge in [-0.25, -0.2) is 4.98 Å². The second-order valence-corrected chi connectivity index (χ2v) is 6.90. The first-order valence-corrected chi connectivity index (χ1v) is 9.05. The van der Waals surface area contributed by atoms with Crippen molar-refractivity contribution in [1.29, 1.82) is 0 Å². The first-order chi connectivity index (χ1) is 13.0. The molecular weight excluding hydrogens is 358 g/mol. The molecule has 0 atom stereocenters. The van der Waals surface area contributed by atoms with Crippen LogP contribution in [0, 0.1) is 13.8 Å². The number of hydrogen-bond acceptors (Lipinski definition) is 2. The van der Waals surface area contributed by atoms with Crippen LogP contribution < -0.4 is 4.68 Å². The van der Waals surface area contributed by atoms with Crippen LogP contribution in [0.1, 0.15) is 22.6 Å². The Hall–Kier alpha value is -3.11. The summed E-state index contributed by atoms with van der Waals surface area (Å²) in [5, 5.41) is 15.0. The SMILES string of the molecule is Cc1[nH][n+](-c2ccc(Cl)cc2)c(C)c1/C=C/c1ccc2cccc(O)c2n1. The van der Waals surface area contributed by atoms with Crippen LogP contribution >= 0.6 is 11.6 Å². The van der Waals surface area contributed by atoms with Gasteiger partial charge in [-0.2, -0.15) is 5.10 Å². The highest BCUT2D eigenvalue weighted by Gasteiger charge is 2.19. The molecule has 4 nitrogen and oxygen atoms in total. The predicted molar refractivity (Wildman–Crippen MR) is 109 cm³/mol. The van der Waals surface area contributed by atoms with Crippen molar-refractivity contribution in [3.63, 3.8) is 0 Å². The molecule has 0 saturated carbocycles. The van der Waals surface area contributed by atoms with Gasteiger partial charge in [0.15, 0.2) is 0 Å². The first kappa shape index (κ1) is 17.3. The van der Waals surface area contributed by atoms with Crippen molar-refractivity contribution in [3.8, 4) is 11.4 Å². The van der Waals surface area contributed by atoms with Gasteiger partial charge in [0, 0.05) is 29.5 Å². The number of nitrogens with one attached hydrogen (secondary N) is 1. The van der Waals surface area contributed by atoms with Crippen molar-refractivity contribution in [2.75, 3.05) is 0 Å². The van der Waals surface area contributed by atoms with Crippen LogP contribution in [-0.4, -0.2) is 15.2 Å². The molecule has 27 heavy (non-hydrogen) atoms. The molecule has 0 amide bonds. The predicted octanol–water partition coefficient (Wildman–Crippen LogP) is 4.99. The average molecular weight is 377 g/mol. The molecule has 0 aliphatic heterocycles. The highest BCUT2D eigenvalue weighted by molar-refractivity contribution is 6.30. The molecule has 4 aromatic rings. The minimum atomic E-state index is 0.192. The number of aromatic amines is 1. The molecule has 2 heterocycles. The van der Waals surface area contributed by atoms with Crippen molar-refractivity contribution < 1.29 is 9.79 Å². The van der Waals surface area contributed by atoms with Crippen LogP contribution in [0.25, 0.3) is 28.7 Å². The number of benzene rings is 2. The first-order valence-electron chi connectivity index (χ1n) is 8.67. The summed E-state index contributed by atoms with van der Waals surface area (Å²) >= 11 is 5.99. The largest absolute Gasteiger partial charge is 0.506 e. The lowest BCUT2D eigenvalue weighted by Crippen LogP contribution is -2.35. The number of phenols is 1. The summed E-state index contributed by atoms with van der Waals surface area (Å²) < 4.78 is 2.03. The topological polar surface area (TPSA) is 52.8 Å². The summed E-state index contributed by atoms with van der Waals surface area (Å²) in [6.07, 6.45) is 4.00. The van der Waals surface area contributed by atoms with Crippen LogP contribution in [0.4, 0.5) is 0 Å². The molecule has 0 spiro atoms. The Morgan fingerprint density at radius 3 is 2.56 bits per heavy atom. The van der Waals surface area contributed by atoms with Crippen molar-refractivity contribution in [1.82, 2.24) is 10.1 Å². The second kappa shape index (κ2) is 6.89. The Morgan fingerprint density at radius 2 is 1.78 bits per heavy atom. The third kappa shape index (κ3) is 3.32. The van der Waals surface area contributed by atoms with Gasteiger partial charge in [-0.3, -0.25) is 0 Å². The van der Waals surface area contributed by atoms with Gasteiger partial charge in [-0.1, -0.05) is 34.5 Å². The van der Waals surface area contributed by atoms with Gasteiger partial charge < -0.3 is 5.11 Å². The standard InChI is InChI=1S/C22H18ClN3O/c1-14-20(15(2)26(25-14)19-11-7-17(23)8-12-19)13-10-18-9-6-16-4-3-5-21(27)22(16)24-18/h3-13,27H,1-2H3/p+1/b13-10+. The van der Waals surface area contributed by atoms with E-state index < -0.39 is 0 Å². The Morgan fingerprint density at radius 1 is 1.00 bits per heavy atom. The number of nitrogens with zero attached hydrogens (tertiary/aromatic N) is 2. The van der Waals surface area contributed by atoms with Crippen LogP contribution in [0.2, 0.25) is 5.02 Å². The minimum absolute atomic E-state index is 0.192. The lowest BCUT2D eigenvalue weighted by molar-refractivity contribution is -0.661. The lowest BCUT2D eigenvalue weighted by Gasteiger charge is -2.01. The number of H-pyrrole nitrogens is 1. The fourth-order valence-corrected chi connectivity index (χ4v) is 3.33. The van der Waals surface area contributed by atoms with Crippen LogP contribution in [0.5, 0.6) is 5.75 Å². The Bertz CT molecular complexity index is 1160. The Labute approximate surface area is 162 Å². The molecule has 2 aromatic carbocycles. The summed E-state index contributed by atoms with van der Waals surface area (Å²) in [7, 11) is 0. The number of aryl methyl sites for hydroxylation is 1. The van der Waals surface area contributed by atoms with E-state index in [1.807, 2.05) is 72.3 Å². The van der Waals surface area contributed by atoms with Gasteiger partial charge in [0.2, 0.25) is 11.4 Å². The molecule has 5 heteroatoms. The average Bonchev–Trinajstić information content (AvgIpc) is 2.95. The van der Waals surface area contributed by atoms with E-state index in [1.165, 1.54) is 0 Å². The molecule has 0 aliphatic rings. The summed E-state index contributed by atoms with van der Waals surface area (Å²) in [4.78, 5) is 4.56. The molecule has 0 fully saturated rings. The Kier molecular flexibility index (Phi) is 4.42. The van der Waals surface area contributed by atoms with Crippen molar-refractivity contribution in [2.45, 2.75) is 13.8 Å². The maximum Gasteiger partial charge on any atom is 0.235 e. The molecule has 0 saturated heterocycles. The van der Waals surface area contributed by atoms with E-state index in [0.29, 0.717) is 10.5 Å². The van der Waals surface area contributed by atoms with E-state index in [4.69, 9.17) is 11.6 Å². The van der Waals surface area contributed by atoms with Crippen LogP contribution in [-0.2, 0) is 0 Å². The number of hydrogen-bond donors (Lipinski definition) is 2. The number of pyridine rings is 1. The molecule has 4 rings (SSSR count).